The van der Waals surface area contributed by atoms with Crippen LogP contribution in [0.1, 0.15) is 23.1 Å². The molecule has 0 atom stereocenters. The summed E-state index contributed by atoms with van der Waals surface area (Å²) >= 11 is 0. The topological polar surface area (TPSA) is 68.8 Å². The van der Waals surface area contributed by atoms with Gasteiger partial charge in [0.1, 0.15) is 5.82 Å². The number of pyridine rings is 1. The molecule has 1 N–H and O–H groups in total. The van der Waals surface area contributed by atoms with Crippen LogP contribution in [-0.4, -0.2) is 77.8 Å². The Labute approximate surface area is 185 Å². The molecule has 2 amide bonds. The molecular formula is C24H33N5O2. The summed E-state index contributed by atoms with van der Waals surface area (Å²) in [6, 6.07) is 12.1. The highest BCUT2D eigenvalue weighted by Gasteiger charge is 2.21. The molecule has 7 heteroatoms. The van der Waals surface area contributed by atoms with Gasteiger partial charge in [0, 0.05) is 38.9 Å². The molecular weight excluding hydrogens is 390 g/mol. The van der Waals surface area contributed by atoms with Crippen LogP contribution in [-0.2, 0) is 16.1 Å². The molecule has 1 aliphatic rings. The number of benzene rings is 1. The number of likely N-dealkylation sites (N-methyl/N-ethyl adjacent to an activating group) is 1. The first kappa shape index (κ1) is 22.9. The summed E-state index contributed by atoms with van der Waals surface area (Å²) < 4.78 is 0. The fourth-order valence-electron chi connectivity index (χ4n) is 3.76. The fraction of sp³-hybridized carbons (Fsp3) is 0.458. The third kappa shape index (κ3) is 7.15. The van der Waals surface area contributed by atoms with Crippen LogP contribution in [0, 0.1) is 13.8 Å². The third-order valence-electron chi connectivity index (χ3n) is 5.59. The van der Waals surface area contributed by atoms with Crippen molar-refractivity contribution in [2.45, 2.75) is 26.8 Å². The SMILES string of the molecule is Cc1ccc(NC(=O)CN(C)CC(=O)N2CCCN(Cc3ccccc3C)CC2)nc1. The van der Waals surface area contributed by atoms with Gasteiger partial charge in [-0.2, -0.15) is 0 Å². The van der Waals surface area contributed by atoms with Crippen LogP contribution < -0.4 is 5.32 Å². The first-order valence-corrected chi connectivity index (χ1v) is 10.9. The fourth-order valence-corrected chi connectivity index (χ4v) is 3.76. The zero-order chi connectivity index (χ0) is 22.2. The highest BCUT2D eigenvalue weighted by atomic mass is 16.2. The number of aromatic nitrogens is 1. The Morgan fingerprint density at radius 1 is 1.03 bits per heavy atom. The monoisotopic (exact) mass is 423 g/mol. The molecule has 0 spiro atoms. The first-order chi connectivity index (χ1) is 14.9. The summed E-state index contributed by atoms with van der Waals surface area (Å²) in [6.07, 6.45) is 2.67. The maximum atomic E-state index is 12.8. The largest absolute Gasteiger partial charge is 0.340 e. The Kier molecular flexibility index (Phi) is 8.14. The molecule has 31 heavy (non-hydrogen) atoms. The number of carbonyl (C=O) groups is 2. The van der Waals surface area contributed by atoms with E-state index in [0.29, 0.717) is 5.82 Å². The lowest BCUT2D eigenvalue weighted by Gasteiger charge is -2.24. The maximum absolute atomic E-state index is 12.8. The van der Waals surface area contributed by atoms with Crippen molar-refractivity contribution in [2.75, 3.05) is 51.6 Å². The van der Waals surface area contributed by atoms with Crippen LogP contribution in [0.15, 0.2) is 42.6 Å². The minimum atomic E-state index is -0.174. The van der Waals surface area contributed by atoms with Gasteiger partial charge in [-0.05, 0) is 50.1 Å². The van der Waals surface area contributed by atoms with Gasteiger partial charge in [-0.1, -0.05) is 30.3 Å². The molecule has 1 aromatic heterocycles. The Morgan fingerprint density at radius 3 is 2.58 bits per heavy atom. The number of rotatable bonds is 7. The normalized spacial score (nSPS) is 15.0. The van der Waals surface area contributed by atoms with Crippen LogP contribution in [0.5, 0.6) is 0 Å². The molecule has 0 saturated carbocycles. The Bertz CT molecular complexity index is 884. The smallest absolute Gasteiger partial charge is 0.239 e. The van der Waals surface area contributed by atoms with E-state index in [9.17, 15) is 9.59 Å². The Hall–Kier alpha value is -2.77. The summed E-state index contributed by atoms with van der Waals surface area (Å²) in [5.41, 5.74) is 3.69. The molecule has 1 saturated heterocycles. The summed E-state index contributed by atoms with van der Waals surface area (Å²) in [6.45, 7) is 8.72. The van der Waals surface area contributed by atoms with Gasteiger partial charge in [-0.25, -0.2) is 4.98 Å². The second-order valence-corrected chi connectivity index (χ2v) is 8.38. The molecule has 166 valence electrons. The number of hydrogen-bond donors (Lipinski definition) is 1. The minimum absolute atomic E-state index is 0.0708. The van der Waals surface area contributed by atoms with Crippen LogP contribution in [0.25, 0.3) is 0 Å². The Balaban J connectivity index is 1.43. The van der Waals surface area contributed by atoms with Gasteiger partial charge >= 0.3 is 0 Å². The van der Waals surface area contributed by atoms with Crippen molar-refractivity contribution in [1.29, 1.82) is 0 Å². The third-order valence-corrected chi connectivity index (χ3v) is 5.59. The van der Waals surface area contributed by atoms with Crippen molar-refractivity contribution in [2.24, 2.45) is 0 Å². The number of anilines is 1. The molecule has 7 nitrogen and oxygen atoms in total. The van der Waals surface area contributed by atoms with Crippen molar-refractivity contribution in [3.05, 3.63) is 59.3 Å². The lowest BCUT2D eigenvalue weighted by atomic mass is 10.1. The predicted octanol–water partition coefficient (Wildman–Crippen LogP) is 2.30. The Morgan fingerprint density at radius 2 is 1.84 bits per heavy atom. The quantitative estimate of drug-likeness (QED) is 0.740. The molecule has 0 bridgehead atoms. The second kappa shape index (κ2) is 11.0. The van der Waals surface area contributed by atoms with Gasteiger partial charge < -0.3 is 10.2 Å². The summed E-state index contributed by atoms with van der Waals surface area (Å²) in [4.78, 5) is 35.3. The zero-order valence-electron chi connectivity index (χ0n) is 18.8. The second-order valence-electron chi connectivity index (χ2n) is 8.38. The number of aryl methyl sites for hydroxylation is 2. The first-order valence-electron chi connectivity index (χ1n) is 10.9. The molecule has 0 radical (unpaired) electrons. The van der Waals surface area contributed by atoms with E-state index in [1.807, 2.05) is 17.9 Å². The van der Waals surface area contributed by atoms with Crippen LogP contribution >= 0.6 is 0 Å². The molecule has 1 aliphatic heterocycles. The number of amides is 2. The van der Waals surface area contributed by atoms with E-state index in [4.69, 9.17) is 0 Å². The molecule has 1 aromatic carbocycles. The van der Waals surface area contributed by atoms with Crippen LogP contribution in [0.2, 0.25) is 0 Å². The van der Waals surface area contributed by atoms with Crippen LogP contribution in [0.4, 0.5) is 5.82 Å². The van der Waals surface area contributed by atoms with Crippen molar-refractivity contribution in [3.8, 4) is 0 Å². The van der Waals surface area contributed by atoms with E-state index >= 15 is 0 Å². The molecule has 2 aromatic rings. The van der Waals surface area contributed by atoms with Crippen molar-refractivity contribution in [3.63, 3.8) is 0 Å². The number of hydrogen-bond acceptors (Lipinski definition) is 5. The van der Waals surface area contributed by atoms with E-state index in [2.05, 4.69) is 46.4 Å². The zero-order valence-corrected chi connectivity index (χ0v) is 18.8. The number of nitrogens with zero attached hydrogens (tertiary/aromatic N) is 4. The predicted molar refractivity (Wildman–Crippen MR) is 123 cm³/mol. The van der Waals surface area contributed by atoms with Crippen molar-refractivity contribution < 1.29 is 9.59 Å². The lowest BCUT2D eigenvalue weighted by molar-refractivity contribution is -0.132. The van der Waals surface area contributed by atoms with Gasteiger partial charge in [0.25, 0.3) is 0 Å². The van der Waals surface area contributed by atoms with Gasteiger partial charge in [0.15, 0.2) is 0 Å². The summed E-state index contributed by atoms with van der Waals surface area (Å²) in [5.74, 6) is 0.421. The lowest BCUT2D eigenvalue weighted by Crippen LogP contribution is -2.42. The van der Waals surface area contributed by atoms with Crippen LogP contribution in [0.3, 0.4) is 0 Å². The van der Waals surface area contributed by atoms with E-state index < -0.39 is 0 Å². The average Bonchev–Trinajstić information content (AvgIpc) is 2.97. The van der Waals surface area contributed by atoms with Crippen molar-refractivity contribution in [1.82, 2.24) is 19.7 Å². The maximum Gasteiger partial charge on any atom is 0.239 e. The standard InChI is InChI=1S/C24H33N5O2/c1-19-9-10-22(25-15-19)26-23(30)17-27(3)18-24(31)29-12-6-11-28(13-14-29)16-21-8-5-4-7-20(21)2/h4-5,7-10,15H,6,11-14,16-18H2,1-3H3,(H,25,26,30). The number of nitrogens with one attached hydrogen (secondary N) is 1. The van der Waals surface area contributed by atoms with E-state index in [0.717, 1.165) is 44.7 Å². The number of carbonyl (C=O) groups excluding carboxylic acids is 2. The summed E-state index contributed by atoms with van der Waals surface area (Å²) in [7, 11) is 1.79. The van der Waals surface area contributed by atoms with Crippen molar-refractivity contribution >= 4 is 17.6 Å². The van der Waals surface area contributed by atoms with E-state index in [1.165, 1.54) is 11.1 Å². The molecule has 3 rings (SSSR count). The van der Waals surface area contributed by atoms with Gasteiger partial charge in [-0.15, -0.1) is 0 Å². The highest BCUT2D eigenvalue weighted by Crippen LogP contribution is 2.13. The summed E-state index contributed by atoms with van der Waals surface area (Å²) in [5, 5.41) is 2.77. The molecule has 0 unspecified atom stereocenters. The van der Waals surface area contributed by atoms with E-state index in [1.54, 1.807) is 24.2 Å². The molecule has 1 fully saturated rings. The van der Waals surface area contributed by atoms with Gasteiger partial charge in [-0.3, -0.25) is 19.4 Å². The van der Waals surface area contributed by atoms with E-state index in [-0.39, 0.29) is 24.9 Å². The van der Waals surface area contributed by atoms with Gasteiger partial charge in [0.05, 0.1) is 13.1 Å². The molecule has 2 heterocycles. The minimum Gasteiger partial charge on any atom is -0.340 e. The van der Waals surface area contributed by atoms with Gasteiger partial charge in [0.2, 0.25) is 11.8 Å². The molecule has 0 aliphatic carbocycles. The average molecular weight is 424 g/mol. The highest BCUT2D eigenvalue weighted by molar-refractivity contribution is 5.91.